The number of rotatable bonds is 9. The molecule has 7 nitrogen and oxygen atoms in total. The van der Waals surface area contributed by atoms with Crippen LogP contribution in [0.3, 0.4) is 0 Å². The Morgan fingerprint density at radius 3 is 2.55 bits per heavy atom. The average molecular weight is 305 g/mol. The number of hydrogen-bond acceptors (Lipinski definition) is 5. The number of ether oxygens (including phenoxy) is 1. The third kappa shape index (κ3) is 7.88. The lowest BCUT2D eigenvalue weighted by molar-refractivity contribution is -0.144. The molecule has 0 aliphatic rings. The topological polar surface area (TPSA) is 102 Å². The molecule has 0 rings (SSSR count). The van der Waals surface area contributed by atoms with E-state index < -0.39 is 12.1 Å². The molecule has 0 fully saturated rings. The van der Waals surface area contributed by atoms with Gasteiger partial charge >= 0.3 is 12.0 Å². The molecular weight excluding hydrogens is 282 g/mol. The first-order valence-corrected chi connectivity index (χ1v) is 7.77. The summed E-state index contributed by atoms with van der Waals surface area (Å²) < 4.78 is 4.79. The van der Waals surface area contributed by atoms with E-state index in [2.05, 4.69) is 5.32 Å². The predicted octanol–water partition coefficient (Wildman–Crippen LogP) is 0.188. The summed E-state index contributed by atoms with van der Waals surface area (Å²) in [5.41, 5.74) is 5.06. The number of urea groups is 1. The predicted molar refractivity (Wildman–Crippen MR) is 78.4 cm³/mol. The van der Waals surface area contributed by atoms with Gasteiger partial charge in [0.2, 0.25) is 5.91 Å². The monoisotopic (exact) mass is 305 g/mol. The molecule has 1 atom stereocenters. The van der Waals surface area contributed by atoms with Crippen molar-refractivity contribution in [2.24, 2.45) is 5.73 Å². The Hall–Kier alpha value is -1.44. The molecule has 3 N–H and O–H groups in total. The van der Waals surface area contributed by atoms with E-state index in [1.807, 2.05) is 6.26 Å². The Morgan fingerprint density at radius 2 is 2.05 bits per heavy atom. The zero-order valence-electron chi connectivity index (χ0n) is 12.2. The van der Waals surface area contributed by atoms with E-state index in [1.54, 1.807) is 25.7 Å². The summed E-state index contributed by atoms with van der Waals surface area (Å²) in [6, 6.07) is -1.39. The number of carbonyl (C=O) groups is 3. The third-order valence-electron chi connectivity index (χ3n) is 2.56. The summed E-state index contributed by atoms with van der Waals surface area (Å²) in [5, 5.41) is 2.43. The van der Waals surface area contributed by atoms with E-state index in [0.717, 1.165) is 5.75 Å². The van der Waals surface area contributed by atoms with Crippen molar-refractivity contribution in [1.82, 2.24) is 10.2 Å². The SMILES string of the molecule is CCOC(=O)CCN(C)C(=O)C(CCSC)NC(N)=O. The fraction of sp³-hybridized carbons (Fsp3) is 0.750. The molecule has 0 saturated carbocycles. The van der Waals surface area contributed by atoms with E-state index in [0.29, 0.717) is 13.0 Å². The van der Waals surface area contributed by atoms with Gasteiger partial charge < -0.3 is 20.7 Å². The second-order valence-electron chi connectivity index (χ2n) is 4.16. The summed E-state index contributed by atoms with van der Waals surface area (Å²) >= 11 is 1.57. The highest BCUT2D eigenvalue weighted by Crippen LogP contribution is 2.04. The van der Waals surface area contributed by atoms with Crippen LogP contribution in [-0.4, -0.2) is 61.1 Å². The van der Waals surface area contributed by atoms with Gasteiger partial charge in [-0.05, 0) is 25.4 Å². The summed E-state index contributed by atoms with van der Waals surface area (Å²) in [7, 11) is 1.58. The zero-order valence-corrected chi connectivity index (χ0v) is 13.0. The Labute approximate surface area is 123 Å². The molecule has 8 heteroatoms. The summed E-state index contributed by atoms with van der Waals surface area (Å²) in [4.78, 5) is 35.7. The molecule has 0 heterocycles. The zero-order chi connectivity index (χ0) is 15.5. The fourth-order valence-electron chi connectivity index (χ4n) is 1.53. The van der Waals surface area contributed by atoms with Crippen LogP contribution in [-0.2, 0) is 14.3 Å². The molecule has 0 aromatic carbocycles. The summed E-state index contributed by atoms with van der Waals surface area (Å²) in [6.07, 6.45) is 2.53. The van der Waals surface area contributed by atoms with Gasteiger partial charge in [-0.15, -0.1) is 0 Å². The molecule has 0 aromatic rings. The van der Waals surface area contributed by atoms with Gasteiger partial charge in [0.05, 0.1) is 13.0 Å². The van der Waals surface area contributed by atoms with Crippen LogP contribution in [0.15, 0.2) is 0 Å². The minimum atomic E-state index is -0.733. The van der Waals surface area contributed by atoms with Crippen molar-refractivity contribution in [2.75, 3.05) is 32.2 Å². The van der Waals surface area contributed by atoms with E-state index in [1.165, 1.54) is 4.90 Å². The lowest BCUT2D eigenvalue weighted by atomic mass is 10.2. The van der Waals surface area contributed by atoms with Crippen LogP contribution in [0.5, 0.6) is 0 Å². The highest BCUT2D eigenvalue weighted by Gasteiger charge is 2.23. The van der Waals surface area contributed by atoms with Crippen LogP contribution < -0.4 is 11.1 Å². The number of esters is 1. The maximum Gasteiger partial charge on any atom is 0.312 e. The van der Waals surface area contributed by atoms with Gasteiger partial charge in [0.1, 0.15) is 6.04 Å². The number of likely N-dealkylation sites (N-methyl/N-ethyl adjacent to an activating group) is 1. The van der Waals surface area contributed by atoms with Crippen LogP contribution in [0.4, 0.5) is 4.79 Å². The van der Waals surface area contributed by atoms with Gasteiger partial charge in [-0.1, -0.05) is 0 Å². The van der Waals surface area contributed by atoms with Crippen molar-refractivity contribution in [1.29, 1.82) is 0 Å². The van der Waals surface area contributed by atoms with Gasteiger partial charge in [-0.3, -0.25) is 9.59 Å². The molecular formula is C12H23N3O4S. The summed E-state index contributed by atoms with van der Waals surface area (Å²) in [6.45, 7) is 2.28. The van der Waals surface area contributed by atoms with Gasteiger partial charge in [-0.2, -0.15) is 11.8 Å². The Kier molecular flexibility index (Phi) is 9.61. The highest BCUT2D eigenvalue weighted by molar-refractivity contribution is 7.98. The Bertz CT molecular complexity index is 339. The molecule has 116 valence electrons. The largest absolute Gasteiger partial charge is 0.466 e. The quantitative estimate of drug-likeness (QED) is 0.592. The molecule has 20 heavy (non-hydrogen) atoms. The van der Waals surface area contributed by atoms with Crippen molar-refractivity contribution < 1.29 is 19.1 Å². The van der Waals surface area contributed by atoms with E-state index >= 15 is 0 Å². The molecule has 0 aliphatic heterocycles. The Balaban J connectivity index is 4.38. The van der Waals surface area contributed by atoms with Crippen molar-refractivity contribution in [2.45, 2.75) is 25.8 Å². The third-order valence-corrected chi connectivity index (χ3v) is 3.20. The molecule has 0 bridgehead atoms. The normalized spacial score (nSPS) is 11.6. The number of nitrogens with zero attached hydrogens (tertiary/aromatic N) is 1. The number of amides is 3. The molecule has 0 spiro atoms. The van der Waals surface area contributed by atoms with Gasteiger partial charge in [0.15, 0.2) is 0 Å². The number of hydrogen-bond donors (Lipinski definition) is 2. The Morgan fingerprint density at radius 1 is 1.40 bits per heavy atom. The number of nitrogens with one attached hydrogen (secondary N) is 1. The summed E-state index contributed by atoms with van der Waals surface area (Å²) in [5.74, 6) is 0.111. The van der Waals surface area contributed by atoms with Gasteiger partial charge in [0.25, 0.3) is 0 Å². The van der Waals surface area contributed by atoms with Crippen LogP contribution in [0, 0.1) is 0 Å². The second kappa shape index (κ2) is 10.4. The van der Waals surface area contributed by atoms with Gasteiger partial charge in [0, 0.05) is 13.6 Å². The minimum absolute atomic E-state index is 0.127. The second-order valence-corrected chi connectivity index (χ2v) is 5.14. The van der Waals surface area contributed by atoms with E-state index in [-0.39, 0.29) is 24.8 Å². The smallest absolute Gasteiger partial charge is 0.312 e. The lowest BCUT2D eigenvalue weighted by Crippen LogP contribution is -2.49. The van der Waals surface area contributed by atoms with Crippen molar-refractivity contribution in [3.8, 4) is 0 Å². The molecule has 0 radical (unpaired) electrons. The average Bonchev–Trinajstić information content (AvgIpc) is 2.39. The van der Waals surface area contributed by atoms with Crippen molar-refractivity contribution in [3.05, 3.63) is 0 Å². The number of nitrogens with two attached hydrogens (primary N) is 1. The first-order chi connectivity index (χ1) is 9.42. The van der Waals surface area contributed by atoms with Gasteiger partial charge in [-0.25, -0.2) is 4.79 Å². The first-order valence-electron chi connectivity index (χ1n) is 6.37. The molecule has 3 amide bonds. The standard InChI is InChI=1S/C12H23N3O4S/c1-4-19-10(16)5-7-15(2)11(17)9(6-8-20-3)14-12(13)18/h9H,4-8H2,1-3H3,(H3,13,14,18). The number of thioether (sulfide) groups is 1. The number of carbonyl (C=O) groups excluding carboxylic acids is 3. The maximum atomic E-state index is 12.1. The first kappa shape index (κ1) is 18.6. The maximum absolute atomic E-state index is 12.1. The van der Waals surface area contributed by atoms with Crippen LogP contribution in [0.2, 0.25) is 0 Å². The van der Waals surface area contributed by atoms with Crippen molar-refractivity contribution >= 4 is 29.7 Å². The van der Waals surface area contributed by atoms with Crippen LogP contribution >= 0.6 is 11.8 Å². The minimum Gasteiger partial charge on any atom is -0.466 e. The van der Waals surface area contributed by atoms with Crippen molar-refractivity contribution in [3.63, 3.8) is 0 Å². The fourth-order valence-corrected chi connectivity index (χ4v) is 2.00. The van der Waals surface area contributed by atoms with Crippen LogP contribution in [0.1, 0.15) is 19.8 Å². The molecule has 1 unspecified atom stereocenters. The van der Waals surface area contributed by atoms with Crippen LogP contribution in [0.25, 0.3) is 0 Å². The lowest BCUT2D eigenvalue weighted by Gasteiger charge is -2.23. The van der Waals surface area contributed by atoms with E-state index in [4.69, 9.17) is 10.5 Å². The molecule has 0 aliphatic carbocycles. The van der Waals surface area contributed by atoms with E-state index in [9.17, 15) is 14.4 Å². The highest BCUT2D eigenvalue weighted by atomic mass is 32.2. The molecule has 0 aromatic heterocycles. The molecule has 0 saturated heterocycles. The number of primary amides is 1.